The number of nitrogens with one attached hydrogen (secondary N) is 2. The van der Waals surface area contributed by atoms with Gasteiger partial charge in [0.15, 0.2) is 0 Å². The lowest BCUT2D eigenvalue weighted by molar-refractivity contribution is 0.0416. The summed E-state index contributed by atoms with van der Waals surface area (Å²) in [5.41, 5.74) is 6.31. The lowest BCUT2D eigenvalue weighted by Crippen LogP contribution is -2.47. The highest BCUT2D eigenvalue weighted by atomic mass is 32.2. The zero-order valence-corrected chi connectivity index (χ0v) is 28.8. The van der Waals surface area contributed by atoms with Gasteiger partial charge in [-0.1, -0.05) is 69.3 Å². The summed E-state index contributed by atoms with van der Waals surface area (Å²) in [6, 6.07) is 21.0. The summed E-state index contributed by atoms with van der Waals surface area (Å²) in [5.74, 6) is -0.212. The molecule has 0 saturated heterocycles. The average molecular weight is 665 g/mol. The normalized spacial score (nSPS) is 16.9. The summed E-state index contributed by atoms with van der Waals surface area (Å²) in [6.45, 7) is 12.4. The number of hydrogen-bond acceptors (Lipinski definition) is 7. The average Bonchev–Trinajstić information content (AvgIpc) is 3.58. The molecule has 0 radical (unpaired) electrons. The van der Waals surface area contributed by atoms with Gasteiger partial charge in [0.05, 0.1) is 28.9 Å². The lowest BCUT2D eigenvalue weighted by atomic mass is 9.86. The van der Waals surface area contributed by atoms with Crippen molar-refractivity contribution in [3.05, 3.63) is 107 Å². The zero-order chi connectivity index (χ0) is 34.2. The first-order chi connectivity index (χ1) is 22.8. The lowest BCUT2D eigenvalue weighted by Gasteiger charge is -2.39. The summed E-state index contributed by atoms with van der Waals surface area (Å²) in [7, 11) is -4.17. The molecule has 2 aromatic heterocycles. The standard InChI is InChI=1S/C37H40N6O4S/c1-23-9-7-10-24(2)34(23)32-18-33-41-36(40-32)42-48(45,46)31-12-8-11-28(17-31)35(44)43(30(22-47-33)19-37(4,5)6)25(3)26-13-15-27(16-14-26)29-20-38-39-21-29/h7-18,20-21,25,30H,19,22H2,1-6H3,(H,38,39)(H,40,41,42)/t25-,30+/m0/s1. The Morgan fingerprint density at radius 2 is 1.65 bits per heavy atom. The maximum atomic E-state index is 14.6. The van der Waals surface area contributed by atoms with Crippen LogP contribution in [0.2, 0.25) is 0 Å². The Bertz CT molecular complexity index is 2030. The van der Waals surface area contributed by atoms with E-state index in [9.17, 15) is 13.2 Å². The molecule has 0 spiro atoms. The molecule has 0 unspecified atom stereocenters. The van der Waals surface area contributed by atoms with Gasteiger partial charge in [0, 0.05) is 29.0 Å². The van der Waals surface area contributed by atoms with Crippen LogP contribution in [0.15, 0.2) is 90.1 Å². The minimum Gasteiger partial charge on any atom is -0.475 e. The van der Waals surface area contributed by atoms with Crippen LogP contribution in [0.4, 0.5) is 5.95 Å². The van der Waals surface area contributed by atoms with Crippen LogP contribution >= 0.6 is 0 Å². The van der Waals surface area contributed by atoms with Crippen LogP contribution < -0.4 is 9.46 Å². The van der Waals surface area contributed by atoms with Crippen LogP contribution in [-0.4, -0.2) is 52.0 Å². The number of sulfonamides is 1. The van der Waals surface area contributed by atoms with E-state index in [2.05, 4.69) is 45.7 Å². The zero-order valence-electron chi connectivity index (χ0n) is 28.0. The van der Waals surface area contributed by atoms with Crippen molar-refractivity contribution in [2.75, 3.05) is 11.3 Å². The fraction of sp³-hybridized carbons (Fsp3) is 0.297. The third kappa shape index (κ3) is 6.96. The molecule has 0 fully saturated rings. The third-order valence-corrected chi connectivity index (χ3v) is 9.92. The third-order valence-electron chi connectivity index (χ3n) is 8.60. The van der Waals surface area contributed by atoms with Gasteiger partial charge in [-0.25, -0.2) is 18.1 Å². The Morgan fingerprint density at radius 3 is 2.31 bits per heavy atom. The predicted octanol–water partition coefficient (Wildman–Crippen LogP) is 7.35. The molecule has 6 rings (SSSR count). The van der Waals surface area contributed by atoms with E-state index in [-0.39, 0.29) is 46.3 Å². The van der Waals surface area contributed by atoms with Crippen LogP contribution in [0.5, 0.6) is 5.88 Å². The number of aromatic nitrogens is 4. The van der Waals surface area contributed by atoms with Gasteiger partial charge in [-0.3, -0.25) is 9.89 Å². The van der Waals surface area contributed by atoms with E-state index in [1.807, 2.05) is 74.3 Å². The molecule has 0 aliphatic carbocycles. The molecular formula is C37H40N6O4S. The molecule has 11 heteroatoms. The topological polar surface area (TPSA) is 130 Å². The van der Waals surface area contributed by atoms with Gasteiger partial charge >= 0.3 is 0 Å². The molecule has 10 nitrogen and oxygen atoms in total. The molecule has 2 atom stereocenters. The van der Waals surface area contributed by atoms with E-state index in [0.717, 1.165) is 33.4 Å². The molecule has 0 saturated carbocycles. The van der Waals surface area contributed by atoms with Crippen molar-refractivity contribution in [1.82, 2.24) is 25.1 Å². The highest BCUT2D eigenvalue weighted by molar-refractivity contribution is 7.92. The fourth-order valence-electron chi connectivity index (χ4n) is 6.32. The van der Waals surface area contributed by atoms with Crippen LogP contribution in [0.1, 0.15) is 67.2 Å². The molecule has 48 heavy (non-hydrogen) atoms. The molecule has 3 heterocycles. The second-order valence-electron chi connectivity index (χ2n) is 13.5. The number of nitrogens with zero attached hydrogens (tertiary/aromatic N) is 4. The van der Waals surface area contributed by atoms with Gasteiger partial charge in [-0.05, 0) is 73.1 Å². The SMILES string of the molecule is Cc1cccc(C)c1-c1cc2nc(n1)NS(=O)(=O)c1cccc(c1)C(=O)N([C@@H](C)c1ccc(-c3cn[nH]c3)cc1)[C@H](CC(C)(C)C)CO2. The number of amides is 1. The molecule has 248 valence electrons. The van der Waals surface area contributed by atoms with Gasteiger partial charge in [0.1, 0.15) is 6.61 Å². The number of rotatable bonds is 5. The Balaban J connectivity index is 1.49. The van der Waals surface area contributed by atoms with Crippen molar-refractivity contribution in [3.63, 3.8) is 0 Å². The van der Waals surface area contributed by atoms with Crippen LogP contribution in [0.3, 0.4) is 0 Å². The monoisotopic (exact) mass is 664 g/mol. The highest BCUT2D eigenvalue weighted by Crippen LogP contribution is 2.35. The van der Waals surface area contributed by atoms with E-state index < -0.39 is 16.1 Å². The van der Waals surface area contributed by atoms with E-state index in [1.165, 1.54) is 12.1 Å². The van der Waals surface area contributed by atoms with E-state index in [1.54, 1.807) is 24.4 Å². The minimum absolute atomic E-state index is 0.0689. The van der Waals surface area contributed by atoms with E-state index >= 15 is 0 Å². The second kappa shape index (κ2) is 12.9. The highest BCUT2D eigenvalue weighted by Gasteiger charge is 2.34. The number of benzene rings is 3. The Hall–Kier alpha value is -5.03. The number of aryl methyl sites for hydroxylation is 2. The molecule has 1 aliphatic rings. The quantitative estimate of drug-likeness (QED) is 0.201. The van der Waals surface area contributed by atoms with Crippen molar-refractivity contribution >= 4 is 21.9 Å². The van der Waals surface area contributed by atoms with Gasteiger partial charge in [0.25, 0.3) is 15.9 Å². The number of ether oxygens (including phenoxy) is 1. The summed E-state index contributed by atoms with van der Waals surface area (Å²) in [6.07, 6.45) is 4.20. The molecule has 4 bridgehead atoms. The summed E-state index contributed by atoms with van der Waals surface area (Å²) in [4.78, 5) is 25.5. The first-order valence-corrected chi connectivity index (χ1v) is 17.4. The number of carbonyl (C=O) groups excluding carboxylic acids is 1. The Morgan fingerprint density at radius 1 is 0.938 bits per heavy atom. The van der Waals surface area contributed by atoms with Gasteiger partial charge in [-0.15, -0.1) is 0 Å². The van der Waals surface area contributed by atoms with Crippen molar-refractivity contribution in [2.45, 2.75) is 64.9 Å². The summed E-state index contributed by atoms with van der Waals surface area (Å²) >= 11 is 0. The smallest absolute Gasteiger partial charge is 0.264 e. The maximum Gasteiger partial charge on any atom is 0.264 e. The molecule has 2 N–H and O–H groups in total. The number of carbonyl (C=O) groups is 1. The maximum absolute atomic E-state index is 14.6. The van der Waals surface area contributed by atoms with Crippen molar-refractivity contribution < 1.29 is 17.9 Å². The van der Waals surface area contributed by atoms with Crippen molar-refractivity contribution in [2.24, 2.45) is 5.41 Å². The van der Waals surface area contributed by atoms with E-state index in [0.29, 0.717) is 12.1 Å². The first kappa shape index (κ1) is 32.9. The van der Waals surface area contributed by atoms with Gasteiger partial charge in [0.2, 0.25) is 11.8 Å². The summed E-state index contributed by atoms with van der Waals surface area (Å²) in [5, 5.41) is 6.90. The predicted molar refractivity (Wildman–Crippen MR) is 186 cm³/mol. The van der Waals surface area contributed by atoms with E-state index in [4.69, 9.17) is 4.74 Å². The Labute approximate surface area is 281 Å². The molecule has 5 aromatic rings. The van der Waals surface area contributed by atoms with Crippen LogP contribution in [0, 0.1) is 19.3 Å². The van der Waals surface area contributed by atoms with Gasteiger partial charge in [-0.2, -0.15) is 10.1 Å². The number of H-pyrrole nitrogens is 1. The molecule has 1 amide bonds. The number of hydrogen-bond donors (Lipinski definition) is 2. The molecular weight excluding hydrogens is 625 g/mol. The minimum atomic E-state index is -4.17. The second-order valence-corrected chi connectivity index (χ2v) is 15.2. The van der Waals surface area contributed by atoms with Crippen molar-refractivity contribution in [3.8, 4) is 28.3 Å². The first-order valence-electron chi connectivity index (χ1n) is 15.9. The number of fused-ring (bicyclic) bond motifs is 4. The largest absolute Gasteiger partial charge is 0.475 e. The summed E-state index contributed by atoms with van der Waals surface area (Å²) < 4.78 is 36.4. The Kier molecular flexibility index (Phi) is 8.82. The van der Waals surface area contributed by atoms with Gasteiger partial charge < -0.3 is 9.64 Å². The number of aromatic amines is 1. The van der Waals surface area contributed by atoms with Crippen LogP contribution in [0.25, 0.3) is 22.4 Å². The van der Waals surface area contributed by atoms with Crippen LogP contribution in [-0.2, 0) is 10.0 Å². The molecule has 3 aromatic carbocycles. The number of anilines is 1. The molecule has 1 aliphatic heterocycles. The fourth-order valence-corrected chi connectivity index (χ4v) is 7.31. The van der Waals surface area contributed by atoms with Crippen molar-refractivity contribution in [1.29, 1.82) is 0 Å².